The van der Waals surface area contributed by atoms with Gasteiger partial charge < -0.3 is 15.1 Å². The van der Waals surface area contributed by atoms with Crippen molar-refractivity contribution < 1.29 is 22.8 Å². The molecular formula is C25H35ClN4O5S2. The van der Waals surface area contributed by atoms with Crippen LogP contribution in [0.3, 0.4) is 0 Å². The molecule has 1 saturated carbocycles. The molecule has 3 fully saturated rings. The molecule has 2 N–H and O–H groups in total. The van der Waals surface area contributed by atoms with Crippen LogP contribution in [0.1, 0.15) is 62.7 Å². The number of piperidine rings is 1. The highest BCUT2D eigenvalue weighted by Gasteiger charge is 2.35. The minimum Gasteiger partial charge on any atom is -0.354 e. The fourth-order valence-electron chi connectivity index (χ4n) is 5.43. The fourth-order valence-corrected chi connectivity index (χ4v) is 7.50. The van der Waals surface area contributed by atoms with Crippen LogP contribution < -0.4 is 10.0 Å². The predicted octanol–water partition coefficient (Wildman–Crippen LogP) is 2.97. The molecule has 1 aliphatic carbocycles. The Balaban J connectivity index is 1.27. The standard InChI is InChI=1S/C25H35ClN4O5S2/c26-22-10-9-20(36-22)11-14-37(34,35)28-21-8-4-12-29(25(21)33)17-24(32)30-13-3-7-19(30)16-27-23(31)15-18-5-1-2-6-18/h9-11,14,18-19,21,28H,1-8,12-13,15-17H2,(H,27,31)/t19-,21-/m0/s1. The number of carbonyl (C=O) groups excluding carboxylic acids is 3. The van der Waals surface area contributed by atoms with E-state index in [1.807, 2.05) is 0 Å². The maximum atomic E-state index is 13.1. The van der Waals surface area contributed by atoms with Gasteiger partial charge in [0, 0.05) is 42.4 Å². The molecule has 4 rings (SSSR count). The third kappa shape index (κ3) is 8.02. The van der Waals surface area contributed by atoms with Gasteiger partial charge in [-0.25, -0.2) is 8.42 Å². The van der Waals surface area contributed by atoms with Gasteiger partial charge in [0.2, 0.25) is 27.7 Å². The lowest BCUT2D eigenvalue weighted by Gasteiger charge is -2.34. The number of rotatable bonds is 10. The van der Waals surface area contributed by atoms with Crippen LogP contribution in [0.4, 0.5) is 0 Å². The molecule has 3 heterocycles. The molecule has 204 valence electrons. The number of nitrogens with one attached hydrogen (secondary N) is 2. The highest BCUT2D eigenvalue weighted by molar-refractivity contribution is 7.92. The summed E-state index contributed by atoms with van der Waals surface area (Å²) >= 11 is 7.13. The van der Waals surface area contributed by atoms with E-state index in [1.165, 1.54) is 35.2 Å². The monoisotopic (exact) mass is 570 g/mol. The molecule has 0 aromatic carbocycles. The molecule has 0 bridgehead atoms. The van der Waals surface area contributed by atoms with E-state index in [1.54, 1.807) is 17.0 Å². The van der Waals surface area contributed by atoms with E-state index in [9.17, 15) is 22.8 Å². The van der Waals surface area contributed by atoms with Gasteiger partial charge in [-0.3, -0.25) is 14.4 Å². The summed E-state index contributed by atoms with van der Waals surface area (Å²) in [6, 6.07) is 2.41. The van der Waals surface area contributed by atoms with Crippen molar-refractivity contribution in [2.45, 2.75) is 69.9 Å². The molecular weight excluding hydrogens is 536 g/mol. The van der Waals surface area contributed by atoms with Crippen molar-refractivity contribution in [3.63, 3.8) is 0 Å². The van der Waals surface area contributed by atoms with E-state index in [0.29, 0.717) is 54.0 Å². The van der Waals surface area contributed by atoms with Crippen LogP contribution in [0.2, 0.25) is 4.34 Å². The number of nitrogens with zero attached hydrogens (tertiary/aromatic N) is 2. The maximum Gasteiger partial charge on any atom is 0.242 e. The van der Waals surface area contributed by atoms with Gasteiger partial charge in [-0.05, 0) is 62.7 Å². The van der Waals surface area contributed by atoms with E-state index in [2.05, 4.69) is 10.0 Å². The van der Waals surface area contributed by atoms with E-state index < -0.39 is 22.0 Å². The van der Waals surface area contributed by atoms with Gasteiger partial charge in [-0.15, -0.1) is 11.3 Å². The number of carbonyl (C=O) groups is 3. The number of hydrogen-bond acceptors (Lipinski definition) is 6. The molecule has 1 aromatic heterocycles. The largest absolute Gasteiger partial charge is 0.354 e. The molecule has 2 atom stereocenters. The molecule has 0 unspecified atom stereocenters. The third-order valence-corrected chi connectivity index (χ3v) is 9.65. The highest BCUT2D eigenvalue weighted by Crippen LogP contribution is 2.27. The second-order valence-corrected chi connectivity index (χ2v) is 13.4. The van der Waals surface area contributed by atoms with Crippen LogP contribution in [0.25, 0.3) is 6.08 Å². The van der Waals surface area contributed by atoms with Gasteiger partial charge in [-0.2, -0.15) is 4.72 Å². The number of hydrogen-bond donors (Lipinski definition) is 2. The highest BCUT2D eigenvalue weighted by atomic mass is 35.5. The zero-order chi connectivity index (χ0) is 26.4. The SMILES string of the molecule is O=C(CC1CCCC1)NC[C@@H]1CCCN1C(=O)CN1CCC[C@H](NS(=O)(=O)C=Cc2ccc(Cl)s2)C1=O. The number of likely N-dealkylation sites (tertiary alicyclic amines) is 2. The summed E-state index contributed by atoms with van der Waals surface area (Å²) in [5.74, 6) is -0.0412. The smallest absolute Gasteiger partial charge is 0.242 e. The first kappa shape index (κ1) is 28.1. The predicted molar refractivity (Wildman–Crippen MR) is 144 cm³/mol. The Kier molecular flexibility index (Phi) is 9.66. The quantitative estimate of drug-likeness (QED) is 0.449. The number of sulfonamides is 1. The Morgan fingerprint density at radius 1 is 1.08 bits per heavy atom. The van der Waals surface area contributed by atoms with Crippen LogP contribution >= 0.6 is 22.9 Å². The van der Waals surface area contributed by atoms with Gasteiger partial charge >= 0.3 is 0 Å². The first-order chi connectivity index (χ1) is 17.7. The van der Waals surface area contributed by atoms with Crippen molar-refractivity contribution in [2.24, 2.45) is 5.92 Å². The summed E-state index contributed by atoms with van der Waals surface area (Å²) in [5.41, 5.74) is 0. The zero-order valence-corrected chi connectivity index (χ0v) is 23.3. The molecule has 37 heavy (non-hydrogen) atoms. The Morgan fingerprint density at radius 3 is 2.57 bits per heavy atom. The van der Waals surface area contributed by atoms with Crippen LogP contribution in [-0.4, -0.2) is 74.2 Å². The lowest BCUT2D eigenvalue weighted by atomic mass is 10.0. The van der Waals surface area contributed by atoms with E-state index in [-0.39, 0.29) is 24.4 Å². The average Bonchev–Trinajstić information content (AvgIpc) is 3.61. The molecule has 9 nitrogen and oxygen atoms in total. The van der Waals surface area contributed by atoms with E-state index in [4.69, 9.17) is 11.6 Å². The number of amides is 3. The molecule has 2 saturated heterocycles. The van der Waals surface area contributed by atoms with Crippen LogP contribution in [0.5, 0.6) is 0 Å². The Hall–Kier alpha value is -1.95. The topological polar surface area (TPSA) is 116 Å². The van der Waals surface area contributed by atoms with Gasteiger partial charge in [0.25, 0.3) is 0 Å². The summed E-state index contributed by atoms with van der Waals surface area (Å²) in [4.78, 5) is 42.4. The van der Waals surface area contributed by atoms with Gasteiger partial charge in [0.1, 0.15) is 6.04 Å². The van der Waals surface area contributed by atoms with E-state index in [0.717, 1.165) is 31.1 Å². The first-order valence-electron chi connectivity index (χ1n) is 13.0. The molecule has 1 aromatic rings. The van der Waals surface area contributed by atoms with Crippen molar-refractivity contribution in [1.82, 2.24) is 19.8 Å². The second kappa shape index (κ2) is 12.7. The summed E-state index contributed by atoms with van der Waals surface area (Å²) in [6.07, 6.45) is 9.25. The van der Waals surface area contributed by atoms with Crippen molar-refractivity contribution in [3.8, 4) is 0 Å². The summed E-state index contributed by atoms with van der Waals surface area (Å²) in [7, 11) is -3.85. The lowest BCUT2D eigenvalue weighted by molar-refractivity contribution is -0.143. The normalized spacial score (nSPS) is 23.3. The van der Waals surface area contributed by atoms with Gasteiger partial charge in [0.05, 0.1) is 10.9 Å². The Bertz CT molecular complexity index is 1120. The lowest BCUT2D eigenvalue weighted by Crippen LogP contribution is -2.55. The van der Waals surface area contributed by atoms with Crippen molar-refractivity contribution in [2.75, 3.05) is 26.2 Å². The average molecular weight is 571 g/mol. The van der Waals surface area contributed by atoms with Crippen molar-refractivity contribution >= 4 is 56.8 Å². The second-order valence-electron chi connectivity index (χ2n) is 10.1. The maximum absolute atomic E-state index is 13.1. The zero-order valence-electron chi connectivity index (χ0n) is 20.9. The Labute approximate surface area is 227 Å². The molecule has 12 heteroatoms. The summed E-state index contributed by atoms with van der Waals surface area (Å²) in [6.45, 7) is 1.34. The summed E-state index contributed by atoms with van der Waals surface area (Å²) in [5, 5.41) is 4.03. The van der Waals surface area contributed by atoms with Crippen molar-refractivity contribution in [3.05, 3.63) is 26.8 Å². The molecule has 0 spiro atoms. The van der Waals surface area contributed by atoms with Crippen LogP contribution in [0, 0.1) is 5.92 Å². The Morgan fingerprint density at radius 2 is 1.84 bits per heavy atom. The molecule has 3 amide bonds. The molecule has 2 aliphatic heterocycles. The first-order valence-corrected chi connectivity index (χ1v) is 15.7. The fraction of sp³-hybridized carbons (Fsp3) is 0.640. The van der Waals surface area contributed by atoms with Gasteiger partial charge in [-0.1, -0.05) is 24.4 Å². The summed E-state index contributed by atoms with van der Waals surface area (Å²) < 4.78 is 28.1. The van der Waals surface area contributed by atoms with Crippen LogP contribution in [0.15, 0.2) is 17.5 Å². The third-order valence-electron chi connectivity index (χ3n) is 7.35. The molecule has 3 aliphatic rings. The van der Waals surface area contributed by atoms with Gasteiger partial charge in [0.15, 0.2) is 0 Å². The van der Waals surface area contributed by atoms with Crippen molar-refractivity contribution in [1.29, 1.82) is 0 Å². The van der Waals surface area contributed by atoms with E-state index >= 15 is 0 Å². The molecule has 0 radical (unpaired) electrons. The minimum atomic E-state index is -3.85. The number of thiophene rings is 1. The minimum absolute atomic E-state index is 0.0451. The number of halogens is 1. The van der Waals surface area contributed by atoms with Crippen LogP contribution in [-0.2, 0) is 24.4 Å².